The van der Waals surface area contributed by atoms with E-state index in [-0.39, 0.29) is 5.91 Å². The topological polar surface area (TPSA) is 23.6 Å². The van der Waals surface area contributed by atoms with E-state index in [1.165, 1.54) is 31.5 Å². The predicted molar refractivity (Wildman–Crippen MR) is 78.1 cm³/mol. The van der Waals surface area contributed by atoms with Gasteiger partial charge in [0.05, 0.1) is 0 Å². The summed E-state index contributed by atoms with van der Waals surface area (Å²) in [5.74, 6) is 0.876. The van der Waals surface area contributed by atoms with E-state index >= 15 is 0 Å². The molecule has 0 unspecified atom stereocenters. The fourth-order valence-electron chi connectivity index (χ4n) is 2.70. The van der Waals surface area contributed by atoms with Gasteiger partial charge in [0.2, 0.25) is 0 Å². The second-order valence-corrected chi connectivity index (χ2v) is 5.88. The molecule has 0 aromatic heterocycles. The number of nitrogens with zero attached hydrogens (tertiary/aromatic N) is 2. The standard InChI is InChI=1S/C16H24N2O/c1-13-5-4-10-18(11-13)12-14-6-8-15(9-7-14)16(19)17(2)3/h6-9,13H,4-5,10-12H2,1-3H3/t13-/m1/s1. The maximum absolute atomic E-state index is 11.8. The molecule has 0 spiro atoms. The summed E-state index contributed by atoms with van der Waals surface area (Å²) < 4.78 is 0. The molecule has 2 rings (SSSR count). The number of rotatable bonds is 3. The van der Waals surface area contributed by atoms with Crippen molar-refractivity contribution in [3.05, 3.63) is 35.4 Å². The van der Waals surface area contributed by atoms with Crippen molar-refractivity contribution >= 4 is 5.91 Å². The fraction of sp³-hybridized carbons (Fsp3) is 0.562. The number of carbonyl (C=O) groups is 1. The summed E-state index contributed by atoms with van der Waals surface area (Å²) in [6, 6.07) is 8.03. The van der Waals surface area contributed by atoms with Crippen molar-refractivity contribution in [1.82, 2.24) is 9.80 Å². The van der Waals surface area contributed by atoms with Crippen molar-refractivity contribution in [1.29, 1.82) is 0 Å². The smallest absolute Gasteiger partial charge is 0.253 e. The predicted octanol–water partition coefficient (Wildman–Crippen LogP) is 2.62. The highest BCUT2D eigenvalue weighted by Gasteiger charge is 2.16. The minimum Gasteiger partial charge on any atom is -0.345 e. The van der Waals surface area contributed by atoms with E-state index in [0.29, 0.717) is 0 Å². The van der Waals surface area contributed by atoms with Crippen molar-refractivity contribution in [3.8, 4) is 0 Å². The monoisotopic (exact) mass is 260 g/mol. The lowest BCUT2D eigenvalue weighted by molar-refractivity contribution is 0.0827. The summed E-state index contributed by atoms with van der Waals surface area (Å²) in [5.41, 5.74) is 2.06. The first-order chi connectivity index (χ1) is 9.06. The van der Waals surface area contributed by atoms with Crippen molar-refractivity contribution in [2.75, 3.05) is 27.2 Å². The maximum atomic E-state index is 11.8. The second kappa shape index (κ2) is 6.20. The second-order valence-electron chi connectivity index (χ2n) is 5.88. The Kier molecular flexibility index (Phi) is 4.59. The van der Waals surface area contributed by atoms with Gasteiger partial charge in [0.1, 0.15) is 0 Å². The molecule has 1 aliphatic rings. The van der Waals surface area contributed by atoms with Crippen LogP contribution in [-0.4, -0.2) is 42.9 Å². The Morgan fingerprint density at radius 3 is 2.58 bits per heavy atom. The number of benzene rings is 1. The van der Waals surface area contributed by atoms with Crippen LogP contribution in [0.1, 0.15) is 35.7 Å². The molecule has 0 radical (unpaired) electrons. The van der Waals surface area contributed by atoms with Crippen molar-refractivity contribution < 1.29 is 4.79 Å². The van der Waals surface area contributed by atoms with E-state index in [0.717, 1.165) is 18.0 Å². The van der Waals surface area contributed by atoms with Gasteiger partial charge < -0.3 is 4.90 Å². The number of hydrogen-bond acceptors (Lipinski definition) is 2. The molecular weight excluding hydrogens is 236 g/mol. The number of carbonyl (C=O) groups excluding carboxylic acids is 1. The quantitative estimate of drug-likeness (QED) is 0.834. The molecule has 1 atom stereocenters. The third-order valence-electron chi connectivity index (χ3n) is 3.75. The summed E-state index contributed by atoms with van der Waals surface area (Å²) in [5, 5.41) is 0. The van der Waals surface area contributed by atoms with Gasteiger partial charge in [-0.2, -0.15) is 0 Å². The summed E-state index contributed by atoms with van der Waals surface area (Å²) in [6.07, 6.45) is 2.66. The molecule has 1 aliphatic heterocycles. The van der Waals surface area contributed by atoms with Crippen LogP contribution in [0.2, 0.25) is 0 Å². The zero-order valence-corrected chi connectivity index (χ0v) is 12.2. The first kappa shape index (κ1) is 14.1. The Labute approximate surface area is 116 Å². The fourth-order valence-corrected chi connectivity index (χ4v) is 2.70. The number of piperidine rings is 1. The van der Waals surface area contributed by atoms with Crippen LogP contribution in [0, 0.1) is 5.92 Å². The molecule has 0 bridgehead atoms. The Bertz CT molecular complexity index is 425. The largest absolute Gasteiger partial charge is 0.345 e. The van der Waals surface area contributed by atoms with E-state index in [1.54, 1.807) is 19.0 Å². The van der Waals surface area contributed by atoms with Gasteiger partial charge in [-0.05, 0) is 43.0 Å². The van der Waals surface area contributed by atoms with Gasteiger partial charge in [-0.3, -0.25) is 9.69 Å². The van der Waals surface area contributed by atoms with E-state index in [4.69, 9.17) is 0 Å². The summed E-state index contributed by atoms with van der Waals surface area (Å²) in [4.78, 5) is 15.9. The molecule has 19 heavy (non-hydrogen) atoms. The molecule has 3 heteroatoms. The zero-order valence-electron chi connectivity index (χ0n) is 12.2. The van der Waals surface area contributed by atoms with Crippen LogP contribution in [0.15, 0.2) is 24.3 Å². The normalized spacial score (nSPS) is 20.3. The molecule has 0 saturated carbocycles. The van der Waals surface area contributed by atoms with E-state index in [9.17, 15) is 4.79 Å². The highest BCUT2D eigenvalue weighted by molar-refractivity contribution is 5.93. The van der Waals surface area contributed by atoms with Gasteiger partial charge in [0.25, 0.3) is 5.91 Å². The van der Waals surface area contributed by atoms with Crippen LogP contribution >= 0.6 is 0 Å². The minimum absolute atomic E-state index is 0.0677. The lowest BCUT2D eigenvalue weighted by Crippen LogP contribution is -2.33. The van der Waals surface area contributed by atoms with Crippen LogP contribution in [-0.2, 0) is 6.54 Å². The number of amides is 1. The highest BCUT2D eigenvalue weighted by Crippen LogP contribution is 2.18. The first-order valence-corrected chi connectivity index (χ1v) is 7.09. The SMILES string of the molecule is C[C@@H]1CCCN(Cc2ccc(C(=O)N(C)C)cc2)C1. The molecule has 3 nitrogen and oxygen atoms in total. The zero-order chi connectivity index (χ0) is 13.8. The molecule has 0 N–H and O–H groups in total. The van der Waals surface area contributed by atoms with Crippen molar-refractivity contribution in [3.63, 3.8) is 0 Å². The van der Waals surface area contributed by atoms with Crippen molar-refractivity contribution in [2.45, 2.75) is 26.3 Å². The van der Waals surface area contributed by atoms with Crippen LogP contribution in [0.4, 0.5) is 0 Å². The lowest BCUT2D eigenvalue weighted by atomic mass is 9.99. The Hall–Kier alpha value is -1.35. The third-order valence-corrected chi connectivity index (χ3v) is 3.75. The number of likely N-dealkylation sites (tertiary alicyclic amines) is 1. The average Bonchev–Trinajstić information content (AvgIpc) is 2.39. The molecule has 0 aliphatic carbocycles. The molecule has 1 aromatic carbocycles. The Balaban J connectivity index is 1.97. The van der Waals surface area contributed by atoms with Gasteiger partial charge >= 0.3 is 0 Å². The summed E-state index contributed by atoms with van der Waals surface area (Å²) >= 11 is 0. The van der Waals surface area contributed by atoms with E-state index in [2.05, 4.69) is 24.0 Å². The first-order valence-electron chi connectivity index (χ1n) is 7.09. The Morgan fingerprint density at radius 2 is 2.00 bits per heavy atom. The molecule has 1 amide bonds. The number of hydrogen-bond donors (Lipinski definition) is 0. The average molecular weight is 260 g/mol. The molecule has 1 heterocycles. The summed E-state index contributed by atoms with van der Waals surface area (Å²) in [6.45, 7) is 5.72. The molecule has 104 valence electrons. The van der Waals surface area contributed by atoms with Crippen molar-refractivity contribution in [2.24, 2.45) is 5.92 Å². The van der Waals surface area contributed by atoms with Gasteiger partial charge in [0.15, 0.2) is 0 Å². The molecule has 1 aromatic rings. The van der Waals surface area contributed by atoms with Crippen LogP contribution in [0.25, 0.3) is 0 Å². The molecule has 1 fully saturated rings. The molecular formula is C16H24N2O. The van der Waals surface area contributed by atoms with Gasteiger partial charge in [-0.15, -0.1) is 0 Å². The van der Waals surface area contributed by atoms with Crippen LogP contribution in [0.3, 0.4) is 0 Å². The van der Waals surface area contributed by atoms with Gasteiger partial charge in [0, 0.05) is 32.7 Å². The van der Waals surface area contributed by atoms with Gasteiger partial charge in [-0.1, -0.05) is 19.1 Å². The highest BCUT2D eigenvalue weighted by atomic mass is 16.2. The maximum Gasteiger partial charge on any atom is 0.253 e. The van der Waals surface area contributed by atoms with Gasteiger partial charge in [-0.25, -0.2) is 0 Å². The van der Waals surface area contributed by atoms with E-state index in [1.807, 2.05) is 12.1 Å². The van der Waals surface area contributed by atoms with Crippen LogP contribution in [0.5, 0.6) is 0 Å². The summed E-state index contributed by atoms with van der Waals surface area (Å²) in [7, 11) is 3.57. The lowest BCUT2D eigenvalue weighted by Gasteiger charge is -2.30. The minimum atomic E-state index is 0.0677. The third kappa shape index (κ3) is 3.80. The molecule has 1 saturated heterocycles. The van der Waals surface area contributed by atoms with Crippen LogP contribution < -0.4 is 0 Å². The van der Waals surface area contributed by atoms with E-state index < -0.39 is 0 Å². The Morgan fingerprint density at radius 1 is 1.32 bits per heavy atom.